The van der Waals surface area contributed by atoms with E-state index >= 15 is 0 Å². The molecular formula is C24H29ClFN3O4S. The minimum Gasteiger partial charge on any atom is -0.352 e. The number of carbonyl (C=O) groups is 2. The lowest BCUT2D eigenvalue weighted by atomic mass is 10.1. The average Bonchev–Trinajstić information content (AvgIpc) is 3.29. The fourth-order valence-electron chi connectivity index (χ4n) is 3.98. The van der Waals surface area contributed by atoms with Crippen LogP contribution in [-0.4, -0.2) is 50.0 Å². The summed E-state index contributed by atoms with van der Waals surface area (Å²) >= 11 is 5.92. The van der Waals surface area contributed by atoms with Gasteiger partial charge in [-0.15, -0.1) is 0 Å². The van der Waals surface area contributed by atoms with E-state index in [2.05, 4.69) is 5.32 Å². The fraction of sp³-hybridized carbons (Fsp3) is 0.417. The molecule has 1 atom stereocenters. The van der Waals surface area contributed by atoms with Crippen LogP contribution in [0.1, 0.15) is 38.2 Å². The predicted octanol–water partition coefficient (Wildman–Crippen LogP) is 3.72. The zero-order valence-electron chi connectivity index (χ0n) is 19.2. The lowest BCUT2D eigenvalue weighted by molar-refractivity contribution is -0.139. The van der Waals surface area contributed by atoms with Crippen LogP contribution in [0, 0.1) is 5.82 Å². The van der Waals surface area contributed by atoms with Gasteiger partial charge >= 0.3 is 0 Å². The van der Waals surface area contributed by atoms with Crippen molar-refractivity contribution in [2.24, 2.45) is 0 Å². The minimum atomic E-state index is -3.81. The summed E-state index contributed by atoms with van der Waals surface area (Å²) in [7, 11) is -3.81. The molecule has 0 saturated heterocycles. The summed E-state index contributed by atoms with van der Waals surface area (Å²) in [6.45, 7) is 1.14. The van der Waals surface area contributed by atoms with E-state index in [1.165, 1.54) is 53.4 Å². The topological polar surface area (TPSA) is 86.8 Å². The van der Waals surface area contributed by atoms with Gasteiger partial charge in [-0.2, -0.15) is 0 Å². The number of sulfonamides is 1. The maximum absolute atomic E-state index is 13.4. The van der Waals surface area contributed by atoms with Crippen LogP contribution in [0.5, 0.6) is 0 Å². The van der Waals surface area contributed by atoms with Gasteiger partial charge < -0.3 is 10.2 Å². The normalized spacial score (nSPS) is 15.1. The van der Waals surface area contributed by atoms with E-state index in [0.29, 0.717) is 10.6 Å². The van der Waals surface area contributed by atoms with Crippen molar-refractivity contribution in [3.63, 3.8) is 0 Å². The molecule has 2 aromatic rings. The van der Waals surface area contributed by atoms with Gasteiger partial charge in [0.2, 0.25) is 21.8 Å². The molecular weight excluding hydrogens is 481 g/mol. The minimum absolute atomic E-state index is 0.0244. The largest absolute Gasteiger partial charge is 0.352 e. The first-order chi connectivity index (χ1) is 16.0. The zero-order valence-corrected chi connectivity index (χ0v) is 20.8. The van der Waals surface area contributed by atoms with Crippen LogP contribution in [0.15, 0.2) is 48.5 Å². The monoisotopic (exact) mass is 509 g/mol. The zero-order chi connectivity index (χ0) is 24.9. The molecule has 184 valence electrons. The second-order valence-corrected chi connectivity index (χ2v) is 10.9. The predicted molar refractivity (Wildman–Crippen MR) is 130 cm³/mol. The summed E-state index contributed by atoms with van der Waals surface area (Å²) in [5.41, 5.74) is 0.901. The third-order valence-electron chi connectivity index (χ3n) is 5.93. The second-order valence-electron chi connectivity index (χ2n) is 8.56. The van der Waals surface area contributed by atoms with Gasteiger partial charge in [0.25, 0.3) is 0 Å². The Bertz CT molecular complexity index is 1100. The van der Waals surface area contributed by atoms with Gasteiger partial charge in [-0.3, -0.25) is 13.9 Å². The molecule has 0 aliphatic heterocycles. The van der Waals surface area contributed by atoms with Crippen molar-refractivity contribution in [2.45, 2.75) is 51.2 Å². The van der Waals surface area contributed by atoms with Crippen LogP contribution in [-0.2, 0) is 26.2 Å². The maximum atomic E-state index is 13.4. The van der Waals surface area contributed by atoms with Crippen LogP contribution in [0.2, 0.25) is 5.02 Å². The van der Waals surface area contributed by atoms with E-state index in [0.717, 1.165) is 36.2 Å². The van der Waals surface area contributed by atoms with Crippen molar-refractivity contribution in [1.29, 1.82) is 0 Å². The molecule has 1 aliphatic rings. The van der Waals surface area contributed by atoms with E-state index in [1.807, 2.05) is 0 Å². The molecule has 34 heavy (non-hydrogen) atoms. The Kier molecular flexibility index (Phi) is 8.54. The van der Waals surface area contributed by atoms with E-state index in [4.69, 9.17) is 11.6 Å². The van der Waals surface area contributed by atoms with Crippen molar-refractivity contribution < 1.29 is 22.4 Å². The number of hydrogen-bond donors (Lipinski definition) is 1. The molecule has 1 saturated carbocycles. The van der Waals surface area contributed by atoms with Crippen molar-refractivity contribution in [3.05, 3.63) is 64.9 Å². The Balaban J connectivity index is 1.86. The van der Waals surface area contributed by atoms with Gasteiger partial charge in [0.05, 0.1) is 11.9 Å². The average molecular weight is 510 g/mol. The van der Waals surface area contributed by atoms with Crippen LogP contribution in [0.3, 0.4) is 0 Å². The number of rotatable bonds is 9. The Morgan fingerprint density at radius 3 is 2.24 bits per heavy atom. The van der Waals surface area contributed by atoms with Gasteiger partial charge in [0.1, 0.15) is 18.4 Å². The highest BCUT2D eigenvalue weighted by molar-refractivity contribution is 7.92. The third kappa shape index (κ3) is 6.93. The van der Waals surface area contributed by atoms with Crippen LogP contribution in [0.25, 0.3) is 0 Å². The quantitative estimate of drug-likeness (QED) is 0.558. The van der Waals surface area contributed by atoms with Gasteiger partial charge in [-0.25, -0.2) is 12.8 Å². The van der Waals surface area contributed by atoms with Crippen LogP contribution >= 0.6 is 11.6 Å². The second kappa shape index (κ2) is 11.2. The standard InChI is InChI=1S/C24H29ClFN3O4S/c1-17(24(31)27-21-5-3-4-6-21)28(15-18-7-11-20(26)12-8-18)23(30)16-29(34(2,32)33)22-13-9-19(25)10-14-22/h7-14,17,21H,3-6,15-16H2,1-2H3,(H,27,31). The molecule has 3 rings (SSSR count). The smallest absolute Gasteiger partial charge is 0.244 e. The Hall–Kier alpha value is -2.65. The molecule has 0 aromatic heterocycles. The molecule has 0 radical (unpaired) electrons. The number of nitrogens with zero attached hydrogens (tertiary/aromatic N) is 2. The van der Waals surface area contributed by atoms with Gasteiger partial charge in [-0.1, -0.05) is 36.6 Å². The van der Waals surface area contributed by atoms with Gasteiger partial charge in [0, 0.05) is 17.6 Å². The molecule has 0 bridgehead atoms. The molecule has 1 N–H and O–H groups in total. The van der Waals surface area contributed by atoms with Crippen molar-refractivity contribution in [3.8, 4) is 0 Å². The van der Waals surface area contributed by atoms with E-state index in [-0.39, 0.29) is 24.2 Å². The highest BCUT2D eigenvalue weighted by atomic mass is 35.5. The molecule has 1 fully saturated rings. The highest BCUT2D eigenvalue weighted by Gasteiger charge is 2.31. The van der Waals surface area contributed by atoms with E-state index in [9.17, 15) is 22.4 Å². The molecule has 10 heteroatoms. The molecule has 0 spiro atoms. The summed E-state index contributed by atoms with van der Waals surface area (Å²) in [5, 5.41) is 3.42. The maximum Gasteiger partial charge on any atom is 0.244 e. The molecule has 2 amide bonds. The summed E-state index contributed by atoms with van der Waals surface area (Å²) < 4.78 is 39.4. The summed E-state index contributed by atoms with van der Waals surface area (Å²) in [4.78, 5) is 27.7. The molecule has 1 unspecified atom stereocenters. The van der Waals surface area contributed by atoms with Crippen molar-refractivity contribution in [2.75, 3.05) is 17.1 Å². The fourth-order valence-corrected chi connectivity index (χ4v) is 4.96. The number of anilines is 1. The summed E-state index contributed by atoms with van der Waals surface area (Å²) in [6, 6.07) is 10.9. The van der Waals surface area contributed by atoms with E-state index in [1.54, 1.807) is 6.92 Å². The molecule has 0 heterocycles. The Labute approximate surface area is 204 Å². The number of hydrogen-bond acceptors (Lipinski definition) is 4. The van der Waals surface area contributed by atoms with Crippen LogP contribution in [0.4, 0.5) is 10.1 Å². The Morgan fingerprint density at radius 1 is 1.09 bits per heavy atom. The number of benzene rings is 2. The van der Waals surface area contributed by atoms with Crippen molar-refractivity contribution >= 4 is 39.1 Å². The first-order valence-electron chi connectivity index (χ1n) is 11.1. The number of carbonyl (C=O) groups excluding carboxylic acids is 2. The van der Waals surface area contributed by atoms with E-state index < -0.39 is 34.3 Å². The Morgan fingerprint density at radius 2 is 1.68 bits per heavy atom. The van der Waals surface area contributed by atoms with Gasteiger partial charge in [-0.05, 0) is 61.7 Å². The van der Waals surface area contributed by atoms with Crippen molar-refractivity contribution in [1.82, 2.24) is 10.2 Å². The summed E-state index contributed by atoms with van der Waals surface area (Å²) in [6.07, 6.45) is 4.88. The number of halogens is 2. The van der Waals surface area contributed by atoms with Crippen LogP contribution < -0.4 is 9.62 Å². The molecule has 2 aromatic carbocycles. The number of nitrogens with one attached hydrogen (secondary N) is 1. The summed E-state index contributed by atoms with van der Waals surface area (Å²) in [5.74, 6) is -1.28. The first-order valence-corrected chi connectivity index (χ1v) is 13.3. The first kappa shape index (κ1) is 26.0. The third-order valence-corrected chi connectivity index (χ3v) is 7.32. The highest BCUT2D eigenvalue weighted by Crippen LogP contribution is 2.22. The molecule has 7 nitrogen and oxygen atoms in total. The number of amides is 2. The lowest BCUT2D eigenvalue weighted by Gasteiger charge is -2.32. The molecule has 1 aliphatic carbocycles. The SMILES string of the molecule is CC(C(=O)NC1CCCC1)N(Cc1ccc(F)cc1)C(=O)CN(c1ccc(Cl)cc1)S(C)(=O)=O. The van der Waals surface area contributed by atoms with Gasteiger partial charge in [0.15, 0.2) is 0 Å². The lowest BCUT2D eigenvalue weighted by Crippen LogP contribution is -2.52.